The van der Waals surface area contributed by atoms with Crippen LogP contribution in [0.3, 0.4) is 0 Å². The van der Waals surface area contributed by atoms with Gasteiger partial charge in [0.05, 0.1) is 16.8 Å². The lowest BCUT2D eigenvalue weighted by atomic mass is 9.79. The standard InChI is InChI=1S/C27H26F6N2O/c1-18(2)11-14-24(36)35-25(16-19-7-4-3-5-8-19,20-9-6-10-21(15-20)26(28,29)30)23-13-12-22(17-34-23)27(31,32)33/h3-10,12-13,15,17-18H,11,14,16H2,1-2H3,(H,35,36). The highest BCUT2D eigenvalue weighted by molar-refractivity contribution is 5.78. The summed E-state index contributed by atoms with van der Waals surface area (Å²) in [4.78, 5) is 17.1. The fourth-order valence-corrected chi connectivity index (χ4v) is 3.92. The molecule has 0 spiro atoms. The summed E-state index contributed by atoms with van der Waals surface area (Å²) in [5.74, 6) is -0.254. The molecule has 1 amide bonds. The predicted molar refractivity (Wildman–Crippen MR) is 124 cm³/mol. The summed E-state index contributed by atoms with van der Waals surface area (Å²) >= 11 is 0. The number of rotatable bonds is 8. The Labute approximate surface area is 205 Å². The molecular formula is C27H26F6N2O. The van der Waals surface area contributed by atoms with Gasteiger partial charge in [0.15, 0.2) is 0 Å². The molecule has 1 aromatic heterocycles. The molecule has 0 aliphatic heterocycles. The highest BCUT2D eigenvalue weighted by Crippen LogP contribution is 2.38. The first-order valence-electron chi connectivity index (χ1n) is 11.4. The second-order valence-corrected chi connectivity index (χ2v) is 9.06. The largest absolute Gasteiger partial charge is 0.417 e. The average molecular weight is 509 g/mol. The molecule has 3 rings (SSSR count). The molecule has 1 unspecified atom stereocenters. The number of benzene rings is 2. The molecule has 0 aliphatic rings. The van der Waals surface area contributed by atoms with E-state index in [0.717, 1.165) is 24.3 Å². The van der Waals surface area contributed by atoms with Gasteiger partial charge >= 0.3 is 12.4 Å². The summed E-state index contributed by atoms with van der Waals surface area (Å²) in [5.41, 5.74) is -2.89. The molecule has 0 saturated heterocycles. The van der Waals surface area contributed by atoms with Crippen LogP contribution < -0.4 is 5.32 Å². The van der Waals surface area contributed by atoms with Gasteiger partial charge in [-0.1, -0.05) is 56.3 Å². The summed E-state index contributed by atoms with van der Waals surface area (Å²) in [6.45, 7) is 3.85. The van der Waals surface area contributed by atoms with Crippen molar-refractivity contribution in [2.45, 2.75) is 51.0 Å². The highest BCUT2D eigenvalue weighted by atomic mass is 19.4. The van der Waals surface area contributed by atoms with Crippen molar-refractivity contribution in [1.29, 1.82) is 0 Å². The zero-order valence-electron chi connectivity index (χ0n) is 19.8. The lowest BCUT2D eigenvalue weighted by molar-refractivity contribution is -0.138. The van der Waals surface area contributed by atoms with E-state index in [9.17, 15) is 31.1 Å². The molecule has 1 atom stereocenters. The van der Waals surface area contributed by atoms with Crippen LogP contribution in [0.25, 0.3) is 0 Å². The Morgan fingerprint density at radius 3 is 2.03 bits per heavy atom. The third kappa shape index (κ3) is 6.65. The van der Waals surface area contributed by atoms with Gasteiger partial charge in [-0.25, -0.2) is 0 Å². The van der Waals surface area contributed by atoms with Crippen molar-refractivity contribution >= 4 is 5.91 Å². The summed E-state index contributed by atoms with van der Waals surface area (Å²) in [6.07, 6.45) is -8.10. The molecule has 0 bridgehead atoms. The number of pyridine rings is 1. The van der Waals surface area contributed by atoms with Crippen LogP contribution in [-0.2, 0) is 29.1 Å². The quantitative estimate of drug-likeness (QED) is 0.328. The molecule has 192 valence electrons. The van der Waals surface area contributed by atoms with Crippen LogP contribution in [0, 0.1) is 5.92 Å². The molecule has 0 saturated carbocycles. The van der Waals surface area contributed by atoms with Crippen LogP contribution >= 0.6 is 0 Å². The van der Waals surface area contributed by atoms with Crippen molar-refractivity contribution in [3.8, 4) is 0 Å². The fraction of sp³-hybridized carbons (Fsp3) is 0.333. The van der Waals surface area contributed by atoms with Crippen molar-refractivity contribution in [3.05, 3.63) is 101 Å². The molecule has 9 heteroatoms. The van der Waals surface area contributed by atoms with Gasteiger partial charge in [0.2, 0.25) is 5.91 Å². The van der Waals surface area contributed by atoms with Crippen molar-refractivity contribution in [2.24, 2.45) is 5.92 Å². The topological polar surface area (TPSA) is 42.0 Å². The Bertz CT molecular complexity index is 1160. The zero-order chi connectivity index (χ0) is 26.6. The smallest absolute Gasteiger partial charge is 0.341 e. The van der Waals surface area contributed by atoms with Gasteiger partial charge in [-0.3, -0.25) is 9.78 Å². The SMILES string of the molecule is CC(C)CCC(=O)NC(Cc1ccccc1)(c1cccc(C(F)(F)F)c1)c1ccc(C(F)(F)F)cn1. The van der Waals surface area contributed by atoms with Gasteiger partial charge in [0, 0.05) is 19.0 Å². The third-order valence-electron chi connectivity index (χ3n) is 5.82. The second kappa shape index (κ2) is 10.7. The minimum atomic E-state index is -4.66. The summed E-state index contributed by atoms with van der Waals surface area (Å²) in [6, 6.07) is 15.0. The second-order valence-electron chi connectivity index (χ2n) is 9.06. The van der Waals surface area contributed by atoms with Gasteiger partial charge in [-0.15, -0.1) is 0 Å². The minimum Gasteiger partial charge on any atom is -0.341 e. The average Bonchev–Trinajstić information content (AvgIpc) is 2.82. The Hall–Kier alpha value is -3.36. The Kier molecular flexibility index (Phi) is 8.11. The molecule has 0 fully saturated rings. The monoisotopic (exact) mass is 508 g/mol. The third-order valence-corrected chi connectivity index (χ3v) is 5.82. The first-order chi connectivity index (χ1) is 16.8. The molecule has 3 aromatic rings. The number of alkyl halides is 6. The number of hydrogen-bond acceptors (Lipinski definition) is 2. The van der Waals surface area contributed by atoms with E-state index in [2.05, 4.69) is 10.3 Å². The van der Waals surface area contributed by atoms with Crippen molar-refractivity contribution < 1.29 is 31.1 Å². The van der Waals surface area contributed by atoms with Gasteiger partial charge in [0.25, 0.3) is 0 Å². The predicted octanol–water partition coefficient (Wildman–Crippen LogP) is 7.16. The Morgan fingerprint density at radius 2 is 1.47 bits per heavy atom. The van der Waals surface area contributed by atoms with Crippen LogP contribution in [0.5, 0.6) is 0 Å². The Balaban J connectivity index is 2.23. The summed E-state index contributed by atoms with van der Waals surface area (Å²) < 4.78 is 80.5. The van der Waals surface area contributed by atoms with Crippen molar-refractivity contribution in [1.82, 2.24) is 10.3 Å². The summed E-state index contributed by atoms with van der Waals surface area (Å²) in [5, 5.41) is 2.85. The van der Waals surface area contributed by atoms with E-state index in [1.165, 1.54) is 12.1 Å². The van der Waals surface area contributed by atoms with Crippen LogP contribution in [0.1, 0.15) is 54.6 Å². The van der Waals surface area contributed by atoms with Gasteiger partial charge in [-0.2, -0.15) is 26.3 Å². The van der Waals surface area contributed by atoms with E-state index in [-0.39, 0.29) is 30.0 Å². The number of halogens is 6. The van der Waals surface area contributed by atoms with E-state index in [0.29, 0.717) is 18.2 Å². The van der Waals surface area contributed by atoms with Crippen LogP contribution in [-0.4, -0.2) is 10.9 Å². The molecule has 0 radical (unpaired) electrons. The summed E-state index contributed by atoms with van der Waals surface area (Å²) in [7, 11) is 0. The lowest BCUT2D eigenvalue weighted by Crippen LogP contribution is -2.49. The maximum absolute atomic E-state index is 13.6. The zero-order valence-corrected chi connectivity index (χ0v) is 19.8. The van der Waals surface area contributed by atoms with E-state index < -0.39 is 34.9 Å². The van der Waals surface area contributed by atoms with Crippen LogP contribution in [0.15, 0.2) is 72.9 Å². The molecule has 3 nitrogen and oxygen atoms in total. The number of carbonyl (C=O) groups excluding carboxylic acids is 1. The molecule has 0 aliphatic carbocycles. The minimum absolute atomic E-state index is 0.00317. The number of amides is 1. The molecular weight excluding hydrogens is 482 g/mol. The number of aromatic nitrogens is 1. The number of nitrogens with one attached hydrogen (secondary N) is 1. The maximum Gasteiger partial charge on any atom is 0.417 e. The maximum atomic E-state index is 13.6. The van der Waals surface area contributed by atoms with Crippen LogP contribution in [0.4, 0.5) is 26.3 Å². The fourth-order valence-electron chi connectivity index (χ4n) is 3.92. The van der Waals surface area contributed by atoms with Gasteiger partial charge in [0.1, 0.15) is 5.54 Å². The highest BCUT2D eigenvalue weighted by Gasteiger charge is 2.41. The Morgan fingerprint density at radius 1 is 0.833 bits per heavy atom. The van der Waals surface area contributed by atoms with E-state index >= 15 is 0 Å². The lowest BCUT2D eigenvalue weighted by Gasteiger charge is -2.36. The van der Waals surface area contributed by atoms with Gasteiger partial charge < -0.3 is 5.32 Å². The first-order valence-corrected chi connectivity index (χ1v) is 11.4. The molecule has 1 N–H and O–H groups in total. The normalized spacial score (nSPS) is 13.9. The van der Waals surface area contributed by atoms with Crippen LogP contribution in [0.2, 0.25) is 0 Å². The van der Waals surface area contributed by atoms with E-state index in [1.807, 2.05) is 13.8 Å². The number of nitrogens with zero attached hydrogens (tertiary/aromatic N) is 1. The van der Waals surface area contributed by atoms with E-state index in [4.69, 9.17) is 0 Å². The first kappa shape index (κ1) is 27.2. The number of hydrogen-bond donors (Lipinski definition) is 1. The molecule has 1 heterocycles. The molecule has 36 heavy (non-hydrogen) atoms. The van der Waals surface area contributed by atoms with E-state index in [1.54, 1.807) is 30.3 Å². The number of carbonyl (C=O) groups is 1. The van der Waals surface area contributed by atoms with Crippen molar-refractivity contribution in [2.75, 3.05) is 0 Å². The van der Waals surface area contributed by atoms with Crippen molar-refractivity contribution in [3.63, 3.8) is 0 Å². The van der Waals surface area contributed by atoms with Gasteiger partial charge in [-0.05, 0) is 47.7 Å². The molecule has 2 aromatic carbocycles.